The van der Waals surface area contributed by atoms with Gasteiger partial charge in [0.15, 0.2) is 0 Å². The first kappa shape index (κ1) is 14.1. The molecule has 0 aliphatic rings. The van der Waals surface area contributed by atoms with E-state index in [-0.39, 0.29) is 12.1 Å². The molecule has 0 aromatic heterocycles. The number of halogens is 2. The summed E-state index contributed by atoms with van der Waals surface area (Å²) in [5.41, 5.74) is -1.02. The molecule has 0 aliphatic carbocycles. The highest BCUT2D eigenvalue weighted by Crippen LogP contribution is 2.19. The number of amides is 1. The number of nitrogens with one attached hydrogen (secondary N) is 1. The van der Waals surface area contributed by atoms with Crippen molar-refractivity contribution in [3.63, 3.8) is 0 Å². The van der Waals surface area contributed by atoms with Gasteiger partial charge in [-0.25, -0.2) is 4.39 Å². The van der Waals surface area contributed by atoms with Gasteiger partial charge in [-0.15, -0.1) is 0 Å². The highest BCUT2D eigenvalue weighted by molar-refractivity contribution is 9.10. The summed E-state index contributed by atoms with van der Waals surface area (Å²) >= 11 is 3.12. The van der Waals surface area contributed by atoms with E-state index >= 15 is 0 Å². The lowest BCUT2D eigenvalue weighted by atomic mass is 10.0. The van der Waals surface area contributed by atoms with Gasteiger partial charge in [0.25, 0.3) is 5.91 Å². The van der Waals surface area contributed by atoms with E-state index < -0.39 is 17.3 Å². The Bertz CT molecular complexity index is 401. The lowest BCUT2D eigenvalue weighted by Gasteiger charge is -2.21. The van der Waals surface area contributed by atoms with E-state index in [0.717, 1.165) is 0 Å². The fourth-order valence-corrected chi connectivity index (χ4v) is 1.72. The maximum absolute atomic E-state index is 13.4. The predicted molar refractivity (Wildman–Crippen MR) is 67.3 cm³/mol. The number of benzene rings is 1. The van der Waals surface area contributed by atoms with Crippen LogP contribution in [0, 0.1) is 5.82 Å². The normalized spacial score (nSPS) is 14.2. The first-order chi connectivity index (χ1) is 7.87. The Kier molecular flexibility index (Phi) is 4.65. The van der Waals surface area contributed by atoms with E-state index in [4.69, 9.17) is 0 Å². The van der Waals surface area contributed by atoms with Crippen molar-refractivity contribution in [1.82, 2.24) is 5.32 Å². The molecule has 1 atom stereocenters. The van der Waals surface area contributed by atoms with Crippen LogP contribution in [-0.4, -0.2) is 23.2 Å². The van der Waals surface area contributed by atoms with Crippen molar-refractivity contribution in [2.24, 2.45) is 0 Å². The molecule has 1 amide bonds. The summed E-state index contributed by atoms with van der Waals surface area (Å²) in [7, 11) is 0. The van der Waals surface area contributed by atoms with Crippen LogP contribution in [0.25, 0.3) is 0 Å². The van der Waals surface area contributed by atoms with Gasteiger partial charge in [-0.05, 0) is 41.4 Å². The lowest BCUT2D eigenvalue weighted by Crippen LogP contribution is -2.40. The minimum Gasteiger partial charge on any atom is -0.388 e. The van der Waals surface area contributed by atoms with Gasteiger partial charge in [-0.1, -0.05) is 13.0 Å². The van der Waals surface area contributed by atoms with Crippen LogP contribution in [0.2, 0.25) is 0 Å². The smallest absolute Gasteiger partial charge is 0.255 e. The largest absolute Gasteiger partial charge is 0.388 e. The molecule has 0 bridgehead atoms. The Morgan fingerprint density at radius 1 is 1.59 bits per heavy atom. The Labute approximate surface area is 108 Å². The maximum Gasteiger partial charge on any atom is 0.255 e. The molecule has 0 radical (unpaired) electrons. The van der Waals surface area contributed by atoms with Crippen LogP contribution in [0.5, 0.6) is 0 Å². The molecule has 1 unspecified atom stereocenters. The second-order valence-corrected chi connectivity index (χ2v) is 4.98. The second kappa shape index (κ2) is 5.60. The summed E-state index contributed by atoms with van der Waals surface area (Å²) in [5, 5.41) is 12.3. The predicted octanol–water partition coefficient (Wildman–Crippen LogP) is 2.48. The van der Waals surface area contributed by atoms with Gasteiger partial charge in [-0.2, -0.15) is 0 Å². The maximum atomic E-state index is 13.4. The van der Waals surface area contributed by atoms with Crippen molar-refractivity contribution >= 4 is 21.8 Å². The van der Waals surface area contributed by atoms with Crippen LogP contribution >= 0.6 is 15.9 Å². The summed E-state index contributed by atoms with van der Waals surface area (Å²) in [6.45, 7) is 3.51. The summed E-state index contributed by atoms with van der Waals surface area (Å²) in [5.74, 6) is -1.13. The Balaban J connectivity index is 2.78. The third-order valence-electron chi connectivity index (χ3n) is 2.58. The fraction of sp³-hybridized carbons (Fsp3) is 0.417. The van der Waals surface area contributed by atoms with E-state index in [0.29, 0.717) is 10.9 Å². The summed E-state index contributed by atoms with van der Waals surface area (Å²) in [4.78, 5) is 11.8. The number of carbonyl (C=O) groups excluding carboxylic acids is 1. The van der Waals surface area contributed by atoms with E-state index in [1.54, 1.807) is 13.0 Å². The molecule has 2 N–H and O–H groups in total. The van der Waals surface area contributed by atoms with Crippen LogP contribution in [0.1, 0.15) is 30.6 Å². The summed E-state index contributed by atoms with van der Waals surface area (Å²) in [6, 6.07) is 4.33. The average Bonchev–Trinajstić information content (AvgIpc) is 2.26. The number of aliphatic hydroxyl groups is 1. The minimum absolute atomic E-state index is 0.0422. The molecule has 0 saturated carbocycles. The van der Waals surface area contributed by atoms with E-state index in [9.17, 15) is 14.3 Å². The van der Waals surface area contributed by atoms with E-state index in [2.05, 4.69) is 21.2 Å². The highest BCUT2D eigenvalue weighted by atomic mass is 79.9. The molecule has 0 spiro atoms. The zero-order valence-electron chi connectivity index (χ0n) is 9.76. The SMILES string of the molecule is CCC(C)(O)CNC(=O)c1c(F)cccc1Br. The first-order valence-corrected chi connectivity index (χ1v) is 6.11. The Morgan fingerprint density at radius 2 is 2.24 bits per heavy atom. The van der Waals surface area contributed by atoms with E-state index in [1.807, 2.05) is 6.92 Å². The van der Waals surface area contributed by atoms with Crippen molar-refractivity contribution in [2.45, 2.75) is 25.9 Å². The zero-order chi connectivity index (χ0) is 13.1. The third-order valence-corrected chi connectivity index (χ3v) is 3.24. The number of carbonyl (C=O) groups is 1. The molecule has 1 rings (SSSR count). The Morgan fingerprint density at radius 3 is 2.76 bits per heavy atom. The van der Waals surface area contributed by atoms with Crippen molar-refractivity contribution in [3.8, 4) is 0 Å². The van der Waals surface area contributed by atoms with Crippen molar-refractivity contribution < 1.29 is 14.3 Å². The van der Waals surface area contributed by atoms with Gasteiger partial charge >= 0.3 is 0 Å². The monoisotopic (exact) mass is 303 g/mol. The number of hydrogen-bond acceptors (Lipinski definition) is 2. The van der Waals surface area contributed by atoms with Gasteiger partial charge in [0.1, 0.15) is 5.82 Å². The van der Waals surface area contributed by atoms with Gasteiger partial charge in [0, 0.05) is 11.0 Å². The fourth-order valence-electron chi connectivity index (χ4n) is 1.20. The van der Waals surface area contributed by atoms with Crippen LogP contribution in [0.15, 0.2) is 22.7 Å². The van der Waals surface area contributed by atoms with Gasteiger partial charge in [-0.3, -0.25) is 4.79 Å². The van der Waals surface area contributed by atoms with Gasteiger partial charge in [0.05, 0.1) is 11.2 Å². The highest BCUT2D eigenvalue weighted by Gasteiger charge is 2.21. The van der Waals surface area contributed by atoms with Crippen LogP contribution in [0.4, 0.5) is 4.39 Å². The van der Waals surface area contributed by atoms with Crippen LogP contribution in [-0.2, 0) is 0 Å². The number of hydrogen-bond donors (Lipinski definition) is 2. The molecule has 0 fully saturated rings. The molecule has 1 aromatic rings. The summed E-state index contributed by atoms with van der Waals surface area (Å²) < 4.78 is 13.8. The molecule has 5 heteroatoms. The Hall–Kier alpha value is -0.940. The van der Waals surface area contributed by atoms with Gasteiger partial charge in [0.2, 0.25) is 0 Å². The zero-order valence-corrected chi connectivity index (χ0v) is 11.3. The van der Waals surface area contributed by atoms with E-state index in [1.165, 1.54) is 12.1 Å². The molecule has 0 heterocycles. The molecule has 1 aromatic carbocycles. The summed E-state index contributed by atoms with van der Waals surface area (Å²) in [6.07, 6.45) is 0.506. The van der Waals surface area contributed by atoms with Crippen molar-refractivity contribution in [2.75, 3.05) is 6.54 Å². The minimum atomic E-state index is -0.979. The van der Waals surface area contributed by atoms with Crippen LogP contribution in [0.3, 0.4) is 0 Å². The van der Waals surface area contributed by atoms with Gasteiger partial charge < -0.3 is 10.4 Å². The molecular formula is C12H15BrFNO2. The standard InChI is InChI=1S/C12H15BrFNO2/c1-3-12(2,17)7-15-11(16)10-8(13)5-4-6-9(10)14/h4-6,17H,3,7H2,1-2H3,(H,15,16). The molecule has 0 aliphatic heterocycles. The van der Waals surface area contributed by atoms with Crippen LogP contribution < -0.4 is 5.32 Å². The topological polar surface area (TPSA) is 49.3 Å². The van der Waals surface area contributed by atoms with Crippen molar-refractivity contribution in [3.05, 3.63) is 34.1 Å². The molecule has 0 saturated heterocycles. The molecular weight excluding hydrogens is 289 g/mol. The molecule has 94 valence electrons. The second-order valence-electron chi connectivity index (χ2n) is 4.13. The lowest BCUT2D eigenvalue weighted by molar-refractivity contribution is 0.0517. The first-order valence-electron chi connectivity index (χ1n) is 5.32. The third kappa shape index (κ3) is 3.78. The van der Waals surface area contributed by atoms with Crippen molar-refractivity contribution in [1.29, 1.82) is 0 Å². The molecule has 3 nitrogen and oxygen atoms in total. The average molecular weight is 304 g/mol. The quantitative estimate of drug-likeness (QED) is 0.898. The molecule has 17 heavy (non-hydrogen) atoms. The number of rotatable bonds is 4.